The molecule has 2 N–H and O–H groups in total. The molecule has 2 heteroatoms. The third-order valence-electron chi connectivity index (χ3n) is 4.18. The molecule has 1 aliphatic carbocycles. The molecule has 2 nitrogen and oxygen atoms in total. The van der Waals surface area contributed by atoms with E-state index in [-0.39, 0.29) is 0 Å². The zero-order valence-corrected chi connectivity index (χ0v) is 11.8. The van der Waals surface area contributed by atoms with Crippen molar-refractivity contribution >= 4 is 0 Å². The summed E-state index contributed by atoms with van der Waals surface area (Å²) in [4.78, 5) is 2.40. The molecule has 0 saturated carbocycles. The first-order valence-electron chi connectivity index (χ1n) is 7.21. The Balaban J connectivity index is 2.01. The maximum Gasteiger partial charge on any atom is 0.0233 e. The van der Waals surface area contributed by atoms with Crippen LogP contribution in [-0.2, 0) is 19.4 Å². The number of fused-ring (bicyclic) bond motifs is 1. The lowest BCUT2D eigenvalue weighted by Crippen LogP contribution is -2.30. The Morgan fingerprint density at radius 3 is 2.67 bits per heavy atom. The van der Waals surface area contributed by atoms with Gasteiger partial charge in [0.15, 0.2) is 0 Å². The van der Waals surface area contributed by atoms with E-state index >= 15 is 0 Å². The van der Waals surface area contributed by atoms with E-state index in [0.29, 0.717) is 6.04 Å². The van der Waals surface area contributed by atoms with Gasteiger partial charge in [-0.3, -0.25) is 4.90 Å². The Bertz CT molecular complexity index is 387. The van der Waals surface area contributed by atoms with Crippen molar-refractivity contribution in [1.29, 1.82) is 0 Å². The Hall–Kier alpha value is -0.860. The summed E-state index contributed by atoms with van der Waals surface area (Å²) in [5, 5.41) is 0. The zero-order chi connectivity index (χ0) is 13.0. The van der Waals surface area contributed by atoms with Crippen LogP contribution in [-0.4, -0.2) is 24.5 Å². The summed E-state index contributed by atoms with van der Waals surface area (Å²) in [5.74, 6) is 0. The molecule has 1 aromatic carbocycles. The summed E-state index contributed by atoms with van der Waals surface area (Å²) >= 11 is 0. The van der Waals surface area contributed by atoms with Crippen LogP contribution in [0.15, 0.2) is 18.2 Å². The van der Waals surface area contributed by atoms with E-state index in [1.807, 2.05) is 0 Å². The number of aryl methyl sites for hydroxylation is 2. The van der Waals surface area contributed by atoms with Gasteiger partial charge >= 0.3 is 0 Å². The van der Waals surface area contributed by atoms with Gasteiger partial charge in [-0.05, 0) is 69.3 Å². The van der Waals surface area contributed by atoms with Gasteiger partial charge in [0.1, 0.15) is 0 Å². The highest BCUT2D eigenvalue weighted by Gasteiger charge is 2.12. The van der Waals surface area contributed by atoms with Crippen molar-refractivity contribution in [1.82, 2.24) is 4.90 Å². The van der Waals surface area contributed by atoms with Crippen LogP contribution in [0.3, 0.4) is 0 Å². The summed E-state index contributed by atoms with van der Waals surface area (Å²) in [5.41, 5.74) is 10.2. The average molecular weight is 246 g/mol. The lowest BCUT2D eigenvalue weighted by atomic mass is 9.90. The topological polar surface area (TPSA) is 29.3 Å². The molecule has 1 aromatic rings. The molecule has 0 fully saturated rings. The van der Waals surface area contributed by atoms with Gasteiger partial charge < -0.3 is 5.73 Å². The van der Waals surface area contributed by atoms with Crippen LogP contribution in [0.2, 0.25) is 0 Å². The minimum absolute atomic E-state index is 0.561. The molecular formula is C16H26N2. The summed E-state index contributed by atoms with van der Waals surface area (Å²) in [6, 6.07) is 7.62. The first-order valence-corrected chi connectivity index (χ1v) is 7.21. The quantitative estimate of drug-likeness (QED) is 0.865. The Labute approximate surface area is 111 Å². The first kappa shape index (κ1) is 13.6. The largest absolute Gasteiger partial charge is 0.330 e. The number of nitrogens with two attached hydrogens (primary N) is 1. The van der Waals surface area contributed by atoms with Gasteiger partial charge in [0.25, 0.3) is 0 Å². The molecule has 0 saturated heterocycles. The lowest BCUT2D eigenvalue weighted by Gasteiger charge is -2.25. The SMILES string of the molecule is CC(CCN)N(C)Cc1ccc2c(c1)CCCC2. The zero-order valence-electron chi connectivity index (χ0n) is 11.8. The highest BCUT2D eigenvalue weighted by atomic mass is 15.1. The Kier molecular flexibility index (Phi) is 4.79. The standard InChI is InChI=1S/C16H26N2/c1-13(9-10-17)18(2)12-14-7-8-15-5-3-4-6-16(15)11-14/h7-8,11,13H,3-6,9-10,12,17H2,1-2H3. The molecule has 18 heavy (non-hydrogen) atoms. The van der Waals surface area contributed by atoms with Gasteiger partial charge in [-0.2, -0.15) is 0 Å². The fourth-order valence-corrected chi connectivity index (χ4v) is 2.79. The fourth-order valence-electron chi connectivity index (χ4n) is 2.79. The third-order valence-corrected chi connectivity index (χ3v) is 4.18. The molecule has 1 unspecified atom stereocenters. The van der Waals surface area contributed by atoms with Gasteiger partial charge in [0.2, 0.25) is 0 Å². The number of rotatable bonds is 5. The van der Waals surface area contributed by atoms with Crippen molar-refractivity contribution in [2.24, 2.45) is 5.73 Å². The smallest absolute Gasteiger partial charge is 0.0233 e. The minimum atomic E-state index is 0.561. The molecule has 0 amide bonds. The molecule has 2 rings (SSSR count). The number of nitrogens with zero attached hydrogens (tertiary/aromatic N) is 1. The van der Waals surface area contributed by atoms with Crippen LogP contribution in [0.25, 0.3) is 0 Å². The predicted molar refractivity (Wildman–Crippen MR) is 77.7 cm³/mol. The van der Waals surface area contributed by atoms with Crippen LogP contribution in [0, 0.1) is 0 Å². The van der Waals surface area contributed by atoms with Crippen molar-refractivity contribution in [3.8, 4) is 0 Å². The second kappa shape index (κ2) is 6.35. The van der Waals surface area contributed by atoms with Crippen LogP contribution >= 0.6 is 0 Å². The van der Waals surface area contributed by atoms with E-state index < -0.39 is 0 Å². The second-order valence-corrected chi connectivity index (χ2v) is 5.65. The molecule has 1 aliphatic rings. The van der Waals surface area contributed by atoms with E-state index in [1.165, 1.54) is 31.2 Å². The average Bonchev–Trinajstić information content (AvgIpc) is 2.39. The van der Waals surface area contributed by atoms with E-state index in [9.17, 15) is 0 Å². The summed E-state index contributed by atoms with van der Waals surface area (Å²) in [6.45, 7) is 4.06. The highest BCUT2D eigenvalue weighted by molar-refractivity contribution is 5.33. The van der Waals surface area contributed by atoms with Crippen molar-refractivity contribution in [3.63, 3.8) is 0 Å². The second-order valence-electron chi connectivity index (χ2n) is 5.65. The molecule has 0 aliphatic heterocycles. The molecule has 0 radical (unpaired) electrons. The highest BCUT2D eigenvalue weighted by Crippen LogP contribution is 2.23. The van der Waals surface area contributed by atoms with Crippen LogP contribution in [0.5, 0.6) is 0 Å². The van der Waals surface area contributed by atoms with Crippen LogP contribution in [0.1, 0.15) is 42.9 Å². The van der Waals surface area contributed by atoms with Gasteiger partial charge in [-0.15, -0.1) is 0 Å². The van der Waals surface area contributed by atoms with Crippen molar-refractivity contribution in [3.05, 3.63) is 34.9 Å². The monoisotopic (exact) mass is 246 g/mol. The van der Waals surface area contributed by atoms with E-state index in [1.54, 1.807) is 11.1 Å². The van der Waals surface area contributed by atoms with Gasteiger partial charge in [-0.25, -0.2) is 0 Å². The number of benzene rings is 1. The molecule has 0 aromatic heterocycles. The van der Waals surface area contributed by atoms with Gasteiger partial charge in [0, 0.05) is 12.6 Å². The third kappa shape index (κ3) is 3.33. The lowest BCUT2D eigenvalue weighted by molar-refractivity contribution is 0.240. The summed E-state index contributed by atoms with van der Waals surface area (Å²) in [6.07, 6.45) is 6.33. The number of hydrogen-bond donors (Lipinski definition) is 1. The molecule has 0 spiro atoms. The predicted octanol–water partition coefficient (Wildman–Crippen LogP) is 2.73. The van der Waals surface area contributed by atoms with Crippen LogP contribution in [0.4, 0.5) is 0 Å². The molecule has 1 atom stereocenters. The molecule has 100 valence electrons. The maximum absolute atomic E-state index is 5.63. The molecule has 0 heterocycles. The van der Waals surface area contributed by atoms with Gasteiger partial charge in [0.05, 0.1) is 0 Å². The van der Waals surface area contributed by atoms with Crippen LogP contribution < -0.4 is 5.73 Å². The van der Waals surface area contributed by atoms with Gasteiger partial charge in [-0.1, -0.05) is 18.2 Å². The maximum atomic E-state index is 5.63. The summed E-state index contributed by atoms with van der Waals surface area (Å²) < 4.78 is 0. The van der Waals surface area contributed by atoms with E-state index in [4.69, 9.17) is 5.73 Å². The Morgan fingerprint density at radius 1 is 1.22 bits per heavy atom. The molecular weight excluding hydrogens is 220 g/mol. The summed E-state index contributed by atoms with van der Waals surface area (Å²) in [7, 11) is 2.19. The minimum Gasteiger partial charge on any atom is -0.330 e. The Morgan fingerprint density at radius 2 is 1.94 bits per heavy atom. The van der Waals surface area contributed by atoms with Crippen molar-refractivity contribution < 1.29 is 0 Å². The van der Waals surface area contributed by atoms with Crippen molar-refractivity contribution in [2.75, 3.05) is 13.6 Å². The fraction of sp³-hybridized carbons (Fsp3) is 0.625. The first-order chi connectivity index (χ1) is 8.70. The normalized spacial score (nSPS) is 16.7. The number of hydrogen-bond acceptors (Lipinski definition) is 2. The van der Waals surface area contributed by atoms with E-state index in [2.05, 4.69) is 37.1 Å². The van der Waals surface area contributed by atoms with Crippen molar-refractivity contribution in [2.45, 2.75) is 51.6 Å². The van der Waals surface area contributed by atoms with E-state index in [0.717, 1.165) is 19.5 Å². The molecule has 0 bridgehead atoms.